The number of nitrogens with one attached hydrogen (secondary N) is 1. The minimum atomic E-state index is 0.258. The van der Waals surface area contributed by atoms with Gasteiger partial charge in [0, 0.05) is 12.0 Å². The van der Waals surface area contributed by atoms with Crippen molar-refractivity contribution >= 4 is 11.0 Å². The van der Waals surface area contributed by atoms with E-state index in [1.54, 1.807) is 0 Å². The van der Waals surface area contributed by atoms with Crippen LogP contribution in [0.2, 0.25) is 0 Å². The standard InChI is InChI=1S/C17H25N3/c1-4-17(8-10-18-11-9-17)16-19-14-12-13(3)6-7-15(14)20(16)5-2/h6-7,12,18H,4-5,8-11H2,1-3H3. The maximum atomic E-state index is 5.05. The molecular formula is C17H25N3. The van der Waals surface area contributed by atoms with Crippen LogP contribution in [-0.2, 0) is 12.0 Å². The molecule has 0 aliphatic carbocycles. The number of nitrogens with zero attached hydrogens (tertiary/aromatic N) is 2. The number of imidazole rings is 1. The maximum absolute atomic E-state index is 5.05. The van der Waals surface area contributed by atoms with Gasteiger partial charge in [-0.05, 0) is 63.9 Å². The fourth-order valence-electron chi connectivity index (χ4n) is 3.61. The molecule has 0 amide bonds. The molecule has 1 aliphatic heterocycles. The van der Waals surface area contributed by atoms with E-state index in [9.17, 15) is 0 Å². The summed E-state index contributed by atoms with van der Waals surface area (Å²) in [5.74, 6) is 1.31. The zero-order chi connectivity index (χ0) is 14.2. The molecule has 1 N–H and O–H groups in total. The summed E-state index contributed by atoms with van der Waals surface area (Å²) >= 11 is 0. The molecule has 0 atom stereocenters. The van der Waals surface area contributed by atoms with Crippen molar-refractivity contribution in [2.75, 3.05) is 13.1 Å². The van der Waals surface area contributed by atoms with Crippen LogP contribution in [0.3, 0.4) is 0 Å². The number of aryl methyl sites for hydroxylation is 2. The summed E-state index contributed by atoms with van der Waals surface area (Å²) in [5.41, 5.74) is 4.00. The van der Waals surface area contributed by atoms with E-state index in [0.717, 1.165) is 25.2 Å². The van der Waals surface area contributed by atoms with Crippen LogP contribution in [0.5, 0.6) is 0 Å². The Kier molecular flexibility index (Phi) is 3.55. The van der Waals surface area contributed by atoms with Gasteiger partial charge >= 0.3 is 0 Å². The molecule has 0 unspecified atom stereocenters. The van der Waals surface area contributed by atoms with Gasteiger partial charge in [0.1, 0.15) is 5.82 Å². The second kappa shape index (κ2) is 5.21. The topological polar surface area (TPSA) is 29.9 Å². The molecule has 0 saturated carbocycles. The lowest BCUT2D eigenvalue weighted by atomic mass is 9.76. The van der Waals surface area contributed by atoms with Gasteiger partial charge in [0.2, 0.25) is 0 Å². The Morgan fingerprint density at radius 2 is 2.00 bits per heavy atom. The van der Waals surface area contributed by atoms with E-state index in [1.165, 1.54) is 36.2 Å². The molecule has 0 radical (unpaired) electrons. The maximum Gasteiger partial charge on any atom is 0.116 e. The molecule has 0 bridgehead atoms. The van der Waals surface area contributed by atoms with E-state index in [2.05, 4.69) is 48.9 Å². The first-order valence-electron chi connectivity index (χ1n) is 7.88. The summed E-state index contributed by atoms with van der Waals surface area (Å²) in [6.45, 7) is 9.92. The molecule has 108 valence electrons. The number of piperidine rings is 1. The van der Waals surface area contributed by atoms with Crippen molar-refractivity contribution < 1.29 is 0 Å². The smallest absolute Gasteiger partial charge is 0.116 e. The SMILES string of the molecule is CCn1c(C2(CC)CCNCC2)nc2cc(C)ccc21. The fourth-order valence-corrected chi connectivity index (χ4v) is 3.61. The summed E-state index contributed by atoms with van der Waals surface area (Å²) in [4.78, 5) is 5.05. The number of hydrogen-bond acceptors (Lipinski definition) is 2. The van der Waals surface area contributed by atoms with Gasteiger partial charge in [-0.15, -0.1) is 0 Å². The minimum absolute atomic E-state index is 0.258. The second-order valence-electron chi connectivity index (χ2n) is 6.06. The normalized spacial score (nSPS) is 18.6. The summed E-state index contributed by atoms with van der Waals surface area (Å²) < 4.78 is 2.43. The third-order valence-electron chi connectivity index (χ3n) is 4.93. The predicted octanol–water partition coefficient (Wildman–Crippen LogP) is 3.40. The van der Waals surface area contributed by atoms with Crippen LogP contribution in [0.1, 0.15) is 44.5 Å². The molecule has 1 aliphatic rings. The Hall–Kier alpha value is -1.35. The van der Waals surface area contributed by atoms with Crippen LogP contribution in [0.25, 0.3) is 11.0 Å². The molecule has 2 aromatic rings. The predicted molar refractivity (Wildman–Crippen MR) is 84.2 cm³/mol. The van der Waals surface area contributed by atoms with Crippen molar-refractivity contribution in [3.05, 3.63) is 29.6 Å². The highest BCUT2D eigenvalue weighted by molar-refractivity contribution is 5.77. The van der Waals surface area contributed by atoms with E-state index in [-0.39, 0.29) is 5.41 Å². The zero-order valence-electron chi connectivity index (χ0n) is 12.9. The van der Waals surface area contributed by atoms with Crippen molar-refractivity contribution in [3.8, 4) is 0 Å². The van der Waals surface area contributed by atoms with Gasteiger partial charge in [-0.1, -0.05) is 13.0 Å². The van der Waals surface area contributed by atoms with Crippen LogP contribution >= 0.6 is 0 Å². The third-order valence-corrected chi connectivity index (χ3v) is 4.93. The molecule has 20 heavy (non-hydrogen) atoms. The second-order valence-corrected chi connectivity index (χ2v) is 6.06. The number of rotatable bonds is 3. The fraction of sp³-hybridized carbons (Fsp3) is 0.588. The van der Waals surface area contributed by atoms with Crippen LogP contribution < -0.4 is 5.32 Å². The average molecular weight is 271 g/mol. The zero-order valence-corrected chi connectivity index (χ0v) is 12.9. The van der Waals surface area contributed by atoms with Crippen LogP contribution in [0.15, 0.2) is 18.2 Å². The van der Waals surface area contributed by atoms with Crippen molar-refractivity contribution in [3.63, 3.8) is 0 Å². The van der Waals surface area contributed by atoms with E-state index in [0.29, 0.717) is 0 Å². The van der Waals surface area contributed by atoms with Crippen molar-refractivity contribution in [1.29, 1.82) is 0 Å². The van der Waals surface area contributed by atoms with Crippen LogP contribution in [0, 0.1) is 6.92 Å². The van der Waals surface area contributed by atoms with Gasteiger partial charge in [0.25, 0.3) is 0 Å². The minimum Gasteiger partial charge on any atom is -0.328 e. The van der Waals surface area contributed by atoms with Crippen molar-refractivity contribution in [1.82, 2.24) is 14.9 Å². The van der Waals surface area contributed by atoms with E-state index >= 15 is 0 Å². The molecule has 2 heterocycles. The van der Waals surface area contributed by atoms with E-state index < -0.39 is 0 Å². The number of hydrogen-bond donors (Lipinski definition) is 1. The molecule has 1 fully saturated rings. The average Bonchev–Trinajstić information content (AvgIpc) is 2.86. The Balaban J connectivity index is 2.18. The Morgan fingerprint density at radius 1 is 1.25 bits per heavy atom. The van der Waals surface area contributed by atoms with Gasteiger partial charge in [-0.3, -0.25) is 0 Å². The lowest BCUT2D eigenvalue weighted by Crippen LogP contribution is -2.41. The van der Waals surface area contributed by atoms with Gasteiger partial charge in [0.15, 0.2) is 0 Å². The molecular weight excluding hydrogens is 246 g/mol. The van der Waals surface area contributed by atoms with E-state index in [1.807, 2.05) is 0 Å². The first-order valence-corrected chi connectivity index (χ1v) is 7.88. The lowest BCUT2D eigenvalue weighted by molar-refractivity contribution is 0.275. The van der Waals surface area contributed by atoms with Gasteiger partial charge in [0.05, 0.1) is 11.0 Å². The van der Waals surface area contributed by atoms with Gasteiger partial charge in [-0.2, -0.15) is 0 Å². The highest BCUT2D eigenvalue weighted by atomic mass is 15.1. The van der Waals surface area contributed by atoms with Crippen LogP contribution in [0.4, 0.5) is 0 Å². The Morgan fingerprint density at radius 3 is 2.65 bits per heavy atom. The number of benzene rings is 1. The number of fused-ring (bicyclic) bond motifs is 1. The lowest BCUT2D eigenvalue weighted by Gasteiger charge is -2.36. The summed E-state index contributed by atoms with van der Waals surface area (Å²) in [5, 5.41) is 3.49. The molecule has 0 spiro atoms. The molecule has 3 rings (SSSR count). The van der Waals surface area contributed by atoms with Gasteiger partial charge in [-0.25, -0.2) is 4.98 Å². The molecule has 1 aromatic carbocycles. The number of aromatic nitrogens is 2. The first-order chi connectivity index (χ1) is 9.70. The summed E-state index contributed by atoms with van der Waals surface area (Å²) in [7, 11) is 0. The Labute approximate surface area is 121 Å². The largest absolute Gasteiger partial charge is 0.328 e. The van der Waals surface area contributed by atoms with E-state index in [4.69, 9.17) is 4.98 Å². The molecule has 1 saturated heterocycles. The molecule has 1 aromatic heterocycles. The first kappa shape index (κ1) is 13.6. The van der Waals surface area contributed by atoms with Crippen LogP contribution in [-0.4, -0.2) is 22.6 Å². The van der Waals surface area contributed by atoms with Crippen molar-refractivity contribution in [2.45, 2.75) is 52.0 Å². The molecule has 3 heteroatoms. The Bertz CT molecular complexity index is 606. The molecule has 3 nitrogen and oxygen atoms in total. The van der Waals surface area contributed by atoms with Gasteiger partial charge < -0.3 is 9.88 Å². The van der Waals surface area contributed by atoms with Crippen molar-refractivity contribution in [2.24, 2.45) is 0 Å². The summed E-state index contributed by atoms with van der Waals surface area (Å²) in [6, 6.07) is 6.64. The highest BCUT2D eigenvalue weighted by Gasteiger charge is 2.36. The monoisotopic (exact) mass is 271 g/mol. The summed E-state index contributed by atoms with van der Waals surface area (Å²) in [6.07, 6.45) is 3.58. The quantitative estimate of drug-likeness (QED) is 0.927. The highest BCUT2D eigenvalue weighted by Crippen LogP contribution is 2.37. The third kappa shape index (κ3) is 2.05.